The van der Waals surface area contributed by atoms with Crippen LogP contribution in [0.5, 0.6) is 0 Å². The summed E-state index contributed by atoms with van der Waals surface area (Å²) in [6.07, 6.45) is 6.74. The first kappa shape index (κ1) is 16.9. The molecule has 0 N–H and O–H groups in total. The van der Waals surface area contributed by atoms with Crippen LogP contribution in [0.2, 0.25) is 0 Å². The minimum absolute atomic E-state index is 0.290. The molecule has 0 aromatic carbocycles. The molecule has 0 aliphatic carbocycles. The van der Waals surface area contributed by atoms with E-state index < -0.39 is 0 Å². The van der Waals surface area contributed by atoms with Crippen LogP contribution in [-0.2, 0) is 14.2 Å². The lowest BCUT2D eigenvalue weighted by atomic mass is 10.2. The summed E-state index contributed by atoms with van der Waals surface area (Å²) in [6.45, 7) is 9.88. The summed E-state index contributed by atoms with van der Waals surface area (Å²) in [5.74, 6) is 0. The Labute approximate surface area is 107 Å². The lowest BCUT2D eigenvalue weighted by Crippen LogP contribution is -2.12. The van der Waals surface area contributed by atoms with Crippen LogP contribution in [0.3, 0.4) is 0 Å². The Hall–Kier alpha value is -0.120. The standard InChI is InChI=1S/C14H30O3/c1-4-5-6-7-8-9-15-10-11-16-12-13-17-14(2)3/h14H,4-13H2,1-3H3. The topological polar surface area (TPSA) is 27.7 Å². The number of unbranched alkanes of at least 4 members (excludes halogenated alkanes) is 4. The van der Waals surface area contributed by atoms with Crippen LogP contribution in [0.4, 0.5) is 0 Å². The summed E-state index contributed by atoms with van der Waals surface area (Å²) < 4.78 is 16.2. The van der Waals surface area contributed by atoms with E-state index in [1.807, 2.05) is 13.8 Å². The molecule has 0 heterocycles. The van der Waals surface area contributed by atoms with Crippen molar-refractivity contribution < 1.29 is 14.2 Å². The number of hydrogen-bond donors (Lipinski definition) is 0. The number of ether oxygens (including phenoxy) is 3. The Morgan fingerprint density at radius 1 is 0.706 bits per heavy atom. The van der Waals surface area contributed by atoms with Crippen molar-refractivity contribution in [3.63, 3.8) is 0 Å². The first-order valence-electron chi connectivity index (χ1n) is 7.04. The van der Waals surface area contributed by atoms with Gasteiger partial charge in [0.05, 0.1) is 32.5 Å². The highest BCUT2D eigenvalue weighted by atomic mass is 16.5. The van der Waals surface area contributed by atoms with Crippen LogP contribution >= 0.6 is 0 Å². The lowest BCUT2D eigenvalue weighted by molar-refractivity contribution is -0.00185. The zero-order valence-electron chi connectivity index (χ0n) is 11.9. The molecule has 3 nitrogen and oxygen atoms in total. The van der Waals surface area contributed by atoms with E-state index in [1.165, 1.54) is 32.1 Å². The van der Waals surface area contributed by atoms with E-state index in [0.29, 0.717) is 26.4 Å². The average Bonchev–Trinajstić information content (AvgIpc) is 2.30. The van der Waals surface area contributed by atoms with Crippen molar-refractivity contribution >= 4 is 0 Å². The van der Waals surface area contributed by atoms with Crippen molar-refractivity contribution in [2.75, 3.05) is 33.0 Å². The first-order chi connectivity index (χ1) is 8.27. The normalized spacial score (nSPS) is 11.3. The van der Waals surface area contributed by atoms with Gasteiger partial charge >= 0.3 is 0 Å². The van der Waals surface area contributed by atoms with Gasteiger partial charge in [0.1, 0.15) is 0 Å². The van der Waals surface area contributed by atoms with Gasteiger partial charge < -0.3 is 14.2 Å². The van der Waals surface area contributed by atoms with Gasteiger partial charge in [-0.1, -0.05) is 32.6 Å². The second kappa shape index (κ2) is 13.9. The first-order valence-corrected chi connectivity index (χ1v) is 7.04. The largest absolute Gasteiger partial charge is 0.379 e. The van der Waals surface area contributed by atoms with Gasteiger partial charge in [0, 0.05) is 6.61 Å². The smallest absolute Gasteiger partial charge is 0.0703 e. The summed E-state index contributed by atoms with van der Waals surface area (Å²) in [4.78, 5) is 0. The zero-order valence-corrected chi connectivity index (χ0v) is 11.9. The molecule has 0 aliphatic rings. The van der Waals surface area contributed by atoms with Gasteiger partial charge in [0.15, 0.2) is 0 Å². The van der Waals surface area contributed by atoms with Crippen molar-refractivity contribution in [3.05, 3.63) is 0 Å². The van der Waals surface area contributed by atoms with Gasteiger partial charge in [-0.15, -0.1) is 0 Å². The second-order valence-corrected chi connectivity index (χ2v) is 4.56. The third kappa shape index (κ3) is 15.9. The number of hydrogen-bond acceptors (Lipinski definition) is 3. The molecule has 0 amide bonds. The van der Waals surface area contributed by atoms with Gasteiger partial charge in [0.25, 0.3) is 0 Å². The predicted molar refractivity (Wildman–Crippen MR) is 71.5 cm³/mol. The molecule has 0 bridgehead atoms. The summed E-state index contributed by atoms with van der Waals surface area (Å²) in [7, 11) is 0. The van der Waals surface area contributed by atoms with Gasteiger partial charge in [-0.05, 0) is 20.3 Å². The predicted octanol–water partition coefficient (Wildman–Crippen LogP) is 3.42. The van der Waals surface area contributed by atoms with Crippen LogP contribution < -0.4 is 0 Å². The molecule has 0 atom stereocenters. The highest BCUT2D eigenvalue weighted by Crippen LogP contribution is 2.02. The molecule has 3 heteroatoms. The van der Waals surface area contributed by atoms with Crippen molar-refractivity contribution in [1.29, 1.82) is 0 Å². The van der Waals surface area contributed by atoms with Crippen LogP contribution in [0.25, 0.3) is 0 Å². The molecular formula is C14H30O3. The minimum Gasteiger partial charge on any atom is -0.379 e. The molecule has 104 valence electrons. The van der Waals surface area contributed by atoms with E-state index in [1.54, 1.807) is 0 Å². The molecular weight excluding hydrogens is 216 g/mol. The van der Waals surface area contributed by atoms with Gasteiger partial charge in [-0.25, -0.2) is 0 Å². The fourth-order valence-electron chi connectivity index (χ4n) is 1.47. The Balaban J connectivity index is 2.89. The van der Waals surface area contributed by atoms with E-state index in [9.17, 15) is 0 Å². The maximum Gasteiger partial charge on any atom is 0.0703 e. The third-order valence-electron chi connectivity index (χ3n) is 2.44. The van der Waals surface area contributed by atoms with E-state index >= 15 is 0 Å². The lowest BCUT2D eigenvalue weighted by Gasteiger charge is -2.08. The van der Waals surface area contributed by atoms with Crippen molar-refractivity contribution in [1.82, 2.24) is 0 Å². The van der Waals surface area contributed by atoms with Gasteiger partial charge in [-0.2, -0.15) is 0 Å². The second-order valence-electron chi connectivity index (χ2n) is 4.56. The maximum atomic E-state index is 5.48. The monoisotopic (exact) mass is 246 g/mol. The molecule has 0 spiro atoms. The quantitative estimate of drug-likeness (QED) is 0.466. The maximum absolute atomic E-state index is 5.48. The third-order valence-corrected chi connectivity index (χ3v) is 2.44. The molecule has 0 aromatic heterocycles. The van der Waals surface area contributed by atoms with Crippen molar-refractivity contribution in [2.24, 2.45) is 0 Å². The Bertz CT molecular complexity index is 137. The van der Waals surface area contributed by atoms with Crippen LogP contribution in [0.15, 0.2) is 0 Å². The molecule has 0 saturated carbocycles. The Morgan fingerprint density at radius 2 is 1.29 bits per heavy atom. The summed E-state index contributed by atoms with van der Waals surface area (Å²) in [6, 6.07) is 0. The Kier molecular flexibility index (Phi) is 13.8. The number of rotatable bonds is 13. The summed E-state index contributed by atoms with van der Waals surface area (Å²) in [5, 5.41) is 0. The molecule has 0 fully saturated rings. The molecule has 0 aliphatic heterocycles. The van der Waals surface area contributed by atoms with Crippen LogP contribution in [0.1, 0.15) is 52.9 Å². The molecule has 0 saturated heterocycles. The zero-order chi connectivity index (χ0) is 12.8. The van der Waals surface area contributed by atoms with E-state index in [-0.39, 0.29) is 6.10 Å². The fraction of sp³-hybridized carbons (Fsp3) is 1.00. The Morgan fingerprint density at radius 3 is 1.94 bits per heavy atom. The van der Waals surface area contributed by atoms with Gasteiger partial charge in [0.2, 0.25) is 0 Å². The van der Waals surface area contributed by atoms with Crippen molar-refractivity contribution in [2.45, 2.75) is 59.0 Å². The molecule has 0 rings (SSSR count). The van der Waals surface area contributed by atoms with Crippen molar-refractivity contribution in [3.8, 4) is 0 Å². The van der Waals surface area contributed by atoms with E-state index in [4.69, 9.17) is 14.2 Å². The SMILES string of the molecule is CCCCCCCOCCOCCOC(C)C. The molecule has 0 aromatic rings. The summed E-state index contributed by atoms with van der Waals surface area (Å²) >= 11 is 0. The highest BCUT2D eigenvalue weighted by molar-refractivity contribution is 4.42. The molecule has 0 unspecified atom stereocenters. The average molecular weight is 246 g/mol. The van der Waals surface area contributed by atoms with Crippen LogP contribution in [-0.4, -0.2) is 39.1 Å². The minimum atomic E-state index is 0.290. The van der Waals surface area contributed by atoms with Crippen LogP contribution in [0, 0.1) is 0 Å². The molecule has 0 radical (unpaired) electrons. The van der Waals surface area contributed by atoms with Gasteiger partial charge in [-0.3, -0.25) is 0 Å². The van der Waals surface area contributed by atoms with E-state index in [2.05, 4.69) is 6.92 Å². The van der Waals surface area contributed by atoms with E-state index in [0.717, 1.165) is 6.61 Å². The fourth-order valence-corrected chi connectivity index (χ4v) is 1.47. The molecule has 17 heavy (non-hydrogen) atoms. The summed E-state index contributed by atoms with van der Waals surface area (Å²) in [5.41, 5.74) is 0. The highest BCUT2D eigenvalue weighted by Gasteiger charge is 1.94.